The summed E-state index contributed by atoms with van der Waals surface area (Å²) in [6.45, 7) is 1.23. The van der Waals surface area contributed by atoms with Gasteiger partial charge < -0.3 is 5.11 Å². The van der Waals surface area contributed by atoms with Crippen LogP contribution in [0.25, 0.3) is 0 Å². The van der Waals surface area contributed by atoms with E-state index in [0.29, 0.717) is 6.07 Å². The second-order valence-electron chi connectivity index (χ2n) is 4.24. The van der Waals surface area contributed by atoms with Gasteiger partial charge in [-0.1, -0.05) is 0 Å². The molecule has 1 aromatic rings. The van der Waals surface area contributed by atoms with Crippen molar-refractivity contribution in [1.82, 2.24) is 0 Å². The molecule has 0 fully saturated rings. The molecule has 0 spiro atoms. The maximum absolute atomic E-state index is 13.0. The Balaban J connectivity index is 2.95. The van der Waals surface area contributed by atoms with Crippen LogP contribution in [0.4, 0.5) is 22.0 Å². The van der Waals surface area contributed by atoms with Crippen molar-refractivity contribution in [3.8, 4) is 0 Å². The highest BCUT2D eigenvalue weighted by atomic mass is 32.2. The Morgan fingerprint density at radius 3 is 2.25 bits per heavy atom. The molecule has 1 unspecified atom stereocenters. The van der Waals surface area contributed by atoms with Gasteiger partial charge in [-0.25, -0.2) is 8.42 Å². The Morgan fingerprint density at radius 2 is 1.80 bits per heavy atom. The van der Waals surface area contributed by atoms with Gasteiger partial charge in [0.2, 0.25) is 0 Å². The van der Waals surface area contributed by atoms with Gasteiger partial charge >= 0.3 is 12.1 Å². The molecule has 0 saturated carbocycles. The van der Waals surface area contributed by atoms with Crippen molar-refractivity contribution in [2.24, 2.45) is 0 Å². The van der Waals surface area contributed by atoms with E-state index in [1.807, 2.05) is 0 Å². The van der Waals surface area contributed by atoms with Crippen LogP contribution < -0.4 is 0 Å². The van der Waals surface area contributed by atoms with Crippen LogP contribution in [0.1, 0.15) is 16.7 Å². The molecule has 0 aliphatic rings. The van der Waals surface area contributed by atoms with Crippen molar-refractivity contribution in [3.05, 3.63) is 21.9 Å². The zero-order valence-electron chi connectivity index (χ0n) is 10.1. The lowest BCUT2D eigenvalue weighted by atomic mass is 10.2. The number of halogens is 5. The van der Waals surface area contributed by atoms with Crippen molar-refractivity contribution in [2.75, 3.05) is 5.75 Å². The molecule has 0 amide bonds. The summed E-state index contributed by atoms with van der Waals surface area (Å²) in [5.41, 5.74) is 0. The molecule has 1 atom stereocenters. The van der Waals surface area contributed by atoms with Crippen LogP contribution in [0.5, 0.6) is 0 Å². The Kier molecular flexibility index (Phi) is 4.82. The Hall–Kier alpha value is -0.740. The van der Waals surface area contributed by atoms with Gasteiger partial charge in [-0.15, -0.1) is 11.3 Å². The van der Waals surface area contributed by atoms with Gasteiger partial charge in [0.1, 0.15) is 0 Å². The van der Waals surface area contributed by atoms with Gasteiger partial charge in [0.05, 0.1) is 22.5 Å². The smallest absolute Gasteiger partial charge is 0.392 e. The Bertz CT molecular complexity index is 560. The number of hydrogen-bond donors (Lipinski definition) is 1. The fourth-order valence-electron chi connectivity index (χ4n) is 1.41. The summed E-state index contributed by atoms with van der Waals surface area (Å²) < 4.78 is 85.5. The average Bonchev–Trinajstić information content (AvgIpc) is 2.61. The standard InChI is InChI=1S/C10H11F5O3S2/c1-6(16)4-20(17,18)5-7-2-3-8(19-7)9(11,12)10(13,14)15/h2-3,6,16H,4-5H2,1H3. The molecule has 0 radical (unpaired) electrons. The number of aliphatic hydroxyl groups excluding tert-OH is 1. The minimum absolute atomic E-state index is 0.0899. The number of aliphatic hydroxyl groups is 1. The highest BCUT2D eigenvalue weighted by molar-refractivity contribution is 7.90. The molecule has 10 heteroatoms. The fourth-order valence-corrected chi connectivity index (χ4v) is 4.36. The van der Waals surface area contributed by atoms with E-state index >= 15 is 0 Å². The summed E-state index contributed by atoms with van der Waals surface area (Å²) in [5.74, 6) is -6.28. The molecule has 0 saturated heterocycles. The largest absolute Gasteiger partial charge is 0.458 e. The Morgan fingerprint density at radius 1 is 1.25 bits per heavy atom. The lowest BCUT2D eigenvalue weighted by Crippen LogP contribution is -2.32. The number of hydrogen-bond acceptors (Lipinski definition) is 4. The first-order valence-corrected chi connectivity index (χ1v) is 7.91. The molecule has 0 aliphatic carbocycles. The maximum atomic E-state index is 13.0. The summed E-state index contributed by atoms with van der Waals surface area (Å²) >= 11 is 0.0899. The first kappa shape index (κ1) is 17.3. The van der Waals surface area contributed by atoms with Crippen molar-refractivity contribution in [2.45, 2.75) is 30.9 Å². The number of sulfone groups is 1. The van der Waals surface area contributed by atoms with E-state index in [1.54, 1.807) is 0 Å². The zero-order chi connectivity index (χ0) is 15.8. The molecule has 0 bridgehead atoms. The monoisotopic (exact) mass is 338 g/mol. The Labute approximate surface area is 116 Å². The fraction of sp³-hybridized carbons (Fsp3) is 0.600. The van der Waals surface area contributed by atoms with Gasteiger partial charge in [-0.2, -0.15) is 22.0 Å². The van der Waals surface area contributed by atoms with Crippen LogP contribution >= 0.6 is 11.3 Å². The van der Waals surface area contributed by atoms with E-state index in [0.717, 1.165) is 6.07 Å². The van der Waals surface area contributed by atoms with Crippen molar-refractivity contribution < 1.29 is 35.5 Å². The predicted molar refractivity (Wildman–Crippen MR) is 63.4 cm³/mol. The zero-order valence-corrected chi connectivity index (χ0v) is 11.7. The van der Waals surface area contributed by atoms with E-state index in [2.05, 4.69) is 0 Å². The predicted octanol–water partition coefficient (Wildman–Crippen LogP) is 2.70. The molecule has 1 N–H and O–H groups in total. The molecule has 116 valence electrons. The third-order valence-electron chi connectivity index (χ3n) is 2.18. The van der Waals surface area contributed by atoms with E-state index in [9.17, 15) is 30.4 Å². The minimum atomic E-state index is -5.73. The summed E-state index contributed by atoms with van der Waals surface area (Å²) in [6, 6.07) is 1.48. The van der Waals surface area contributed by atoms with Crippen molar-refractivity contribution >= 4 is 21.2 Å². The van der Waals surface area contributed by atoms with Crippen LogP contribution in [-0.4, -0.2) is 31.6 Å². The van der Waals surface area contributed by atoms with Crippen LogP contribution in [-0.2, 0) is 21.5 Å². The molecule has 0 aliphatic heterocycles. The van der Waals surface area contributed by atoms with Gasteiger partial charge in [-0.05, 0) is 19.1 Å². The minimum Gasteiger partial charge on any atom is -0.392 e. The van der Waals surface area contributed by atoms with Gasteiger partial charge in [-0.3, -0.25) is 0 Å². The number of thiophene rings is 1. The highest BCUT2D eigenvalue weighted by Gasteiger charge is 2.59. The second-order valence-corrected chi connectivity index (χ2v) is 7.52. The van der Waals surface area contributed by atoms with Crippen LogP contribution in [0.15, 0.2) is 12.1 Å². The maximum Gasteiger partial charge on any atom is 0.458 e. The topological polar surface area (TPSA) is 54.4 Å². The molecule has 0 aromatic carbocycles. The van der Waals surface area contributed by atoms with Crippen molar-refractivity contribution in [1.29, 1.82) is 0 Å². The molecular weight excluding hydrogens is 327 g/mol. The SMILES string of the molecule is CC(O)CS(=O)(=O)Cc1ccc(C(F)(F)C(F)(F)F)s1. The third-order valence-corrected chi connectivity index (χ3v) is 5.26. The highest BCUT2D eigenvalue weighted by Crippen LogP contribution is 2.46. The van der Waals surface area contributed by atoms with E-state index < -0.39 is 44.4 Å². The summed E-state index contributed by atoms with van der Waals surface area (Å²) in [6.07, 6.45) is -6.87. The van der Waals surface area contributed by atoms with Gasteiger partial charge in [0, 0.05) is 4.88 Å². The second kappa shape index (κ2) is 5.57. The van der Waals surface area contributed by atoms with E-state index in [1.165, 1.54) is 6.92 Å². The molecule has 3 nitrogen and oxygen atoms in total. The molecule has 20 heavy (non-hydrogen) atoms. The third kappa shape index (κ3) is 4.13. The quantitative estimate of drug-likeness (QED) is 0.840. The first-order valence-electron chi connectivity index (χ1n) is 5.27. The first-order chi connectivity index (χ1) is 8.85. The van der Waals surface area contributed by atoms with E-state index in [4.69, 9.17) is 5.11 Å². The summed E-state index contributed by atoms with van der Waals surface area (Å²) in [5, 5.41) is 8.96. The van der Waals surface area contributed by atoms with Crippen LogP contribution in [0.2, 0.25) is 0 Å². The number of alkyl halides is 5. The van der Waals surface area contributed by atoms with Crippen LogP contribution in [0, 0.1) is 0 Å². The molecule has 1 heterocycles. The molecule has 1 aromatic heterocycles. The van der Waals surface area contributed by atoms with E-state index in [-0.39, 0.29) is 16.2 Å². The summed E-state index contributed by atoms with van der Waals surface area (Å²) in [7, 11) is -3.77. The summed E-state index contributed by atoms with van der Waals surface area (Å²) in [4.78, 5) is -1.39. The van der Waals surface area contributed by atoms with Gasteiger partial charge in [0.15, 0.2) is 9.84 Å². The molecule has 1 rings (SSSR count). The average molecular weight is 338 g/mol. The lowest BCUT2D eigenvalue weighted by molar-refractivity contribution is -0.287. The lowest BCUT2D eigenvalue weighted by Gasteiger charge is -2.17. The number of rotatable bonds is 5. The van der Waals surface area contributed by atoms with Crippen molar-refractivity contribution in [3.63, 3.8) is 0 Å². The molecular formula is C10H11F5O3S2. The normalized spacial score (nSPS) is 15.3. The van der Waals surface area contributed by atoms with Crippen LogP contribution in [0.3, 0.4) is 0 Å². The van der Waals surface area contributed by atoms with Gasteiger partial charge in [0.25, 0.3) is 0 Å².